The van der Waals surface area contributed by atoms with E-state index in [4.69, 9.17) is 9.47 Å². The van der Waals surface area contributed by atoms with E-state index in [0.717, 1.165) is 26.1 Å². The fraction of sp³-hybridized carbons (Fsp3) is 0.583. The van der Waals surface area contributed by atoms with Crippen molar-refractivity contribution in [2.24, 2.45) is 5.92 Å². The van der Waals surface area contributed by atoms with Crippen molar-refractivity contribution in [3.05, 3.63) is 24.1 Å². The van der Waals surface area contributed by atoms with E-state index >= 15 is 0 Å². The van der Waals surface area contributed by atoms with E-state index < -0.39 is 5.82 Å². The smallest absolute Gasteiger partial charge is 0.250 e. The molecule has 1 N–H and O–H groups in total. The highest BCUT2D eigenvalue weighted by Crippen LogP contribution is 2.35. The zero-order chi connectivity index (χ0) is 11.7. The molecule has 2 fully saturated rings. The highest BCUT2D eigenvalue weighted by Gasteiger charge is 2.49. The van der Waals surface area contributed by atoms with Gasteiger partial charge >= 0.3 is 0 Å². The van der Waals surface area contributed by atoms with Crippen LogP contribution in [0.1, 0.15) is 6.42 Å². The van der Waals surface area contributed by atoms with Gasteiger partial charge in [-0.3, -0.25) is 0 Å². The van der Waals surface area contributed by atoms with Gasteiger partial charge in [0.15, 0.2) is 5.82 Å². The zero-order valence-corrected chi connectivity index (χ0v) is 9.49. The van der Waals surface area contributed by atoms with E-state index in [2.05, 4.69) is 10.3 Å². The predicted molar refractivity (Wildman–Crippen MR) is 59.3 cm³/mol. The maximum Gasteiger partial charge on any atom is 0.250 e. The third kappa shape index (κ3) is 1.89. The standard InChI is InChI=1S/C12H15FN2O2/c13-10-2-1-4-15-11(10)16-6-9-3-5-17-12(9)7-14-8-12/h1-2,4,9,14H,3,5-8H2/t9-/m0/s1. The molecule has 5 heteroatoms. The third-order valence-electron chi connectivity index (χ3n) is 3.59. The van der Waals surface area contributed by atoms with Crippen molar-refractivity contribution in [2.45, 2.75) is 12.0 Å². The van der Waals surface area contributed by atoms with Crippen molar-refractivity contribution in [2.75, 3.05) is 26.3 Å². The van der Waals surface area contributed by atoms with E-state index in [1.54, 1.807) is 6.07 Å². The Bertz CT molecular complexity index is 409. The normalized spacial score (nSPS) is 25.8. The second-order valence-corrected chi connectivity index (χ2v) is 4.60. The minimum Gasteiger partial charge on any atom is -0.475 e. The highest BCUT2D eigenvalue weighted by molar-refractivity contribution is 5.13. The molecule has 0 bridgehead atoms. The van der Waals surface area contributed by atoms with Gasteiger partial charge in [0.25, 0.3) is 0 Å². The largest absolute Gasteiger partial charge is 0.475 e. The van der Waals surface area contributed by atoms with Gasteiger partial charge in [-0.2, -0.15) is 0 Å². The van der Waals surface area contributed by atoms with Crippen molar-refractivity contribution < 1.29 is 13.9 Å². The van der Waals surface area contributed by atoms with Crippen molar-refractivity contribution in [1.29, 1.82) is 0 Å². The van der Waals surface area contributed by atoms with Crippen LogP contribution in [0.25, 0.3) is 0 Å². The molecular weight excluding hydrogens is 223 g/mol. The molecule has 2 saturated heterocycles. The lowest BCUT2D eigenvalue weighted by atomic mass is 9.83. The summed E-state index contributed by atoms with van der Waals surface area (Å²) < 4.78 is 24.5. The molecule has 4 nitrogen and oxygen atoms in total. The van der Waals surface area contributed by atoms with Gasteiger partial charge in [-0.05, 0) is 18.6 Å². The van der Waals surface area contributed by atoms with Crippen LogP contribution in [0.5, 0.6) is 5.88 Å². The summed E-state index contributed by atoms with van der Waals surface area (Å²) in [4.78, 5) is 3.88. The van der Waals surface area contributed by atoms with Gasteiger partial charge in [0.2, 0.25) is 5.88 Å². The molecule has 2 aliphatic rings. The highest BCUT2D eigenvalue weighted by atomic mass is 19.1. The second kappa shape index (κ2) is 4.23. The molecule has 0 radical (unpaired) electrons. The summed E-state index contributed by atoms with van der Waals surface area (Å²) in [7, 11) is 0. The van der Waals surface area contributed by atoms with Gasteiger partial charge in [-0.1, -0.05) is 0 Å². The Morgan fingerprint density at radius 1 is 1.59 bits per heavy atom. The van der Waals surface area contributed by atoms with Gasteiger partial charge in [0.1, 0.15) is 0 Å². The van der Waals surface area contributed by atoms with Crippen LogP contribution >= 0.6 is 0 Å². The molecule has 1 aromatic heterocycles. The lowest BCUT2D eigenvalue weighted by Gasteiger charge is -2.42. The predicted octanol–water partition coefficient (Wildman–Crippen LogP) is 0.978. The van der Waals surface area contributed by atoms with Crippen LogP contribution < -0.4 is 10.1 Å². The molecule has 0 saturated carbocycles. The second-order valence-electron chi connectivity index (χ2n) is 4.60. The zero-order valence-electron chi connectivity index (χ0n) is 9.49. The Hall–Kier alpha value is -1.20. The first kappa shape index (κ1) is 10.9. The van der Waals surface area contributed by atoms with Gasteiger partial charge in [-0.15, -0.1) is 0 Å². The SMILES string of the molecule is Fc1cccnc1OC[C@@H]1CCOC12CNC2. The topological polar surface area (TPSA) is 43.4 Å². The van der Waals surface area contributed by atoms with Crippen molar-refractivity contribution >= 4 is 0 Å². The summed E-state index contributed by atoms with van der Waals surface area (Å²) >= 11 is 0. The summed E-state index contributed by atoms with van der Waals surface area (Å²) in [5.41, 5.74) is -0.0781. The first-order chi connectivity index (χ1) is 8.30. The lowest BCUT2D eigenvalue weighted by Crippen LogP contribution is -2.63. The van der Waals surface area contributed by atoms with Gasteiger partial charge in [0.05, 0.1) is 12.2 Å². The average molecular weight is 238 g/mol. The molecule has 1 spiro atoms. The first-order valence-corrected chi connectivity index (χ1v) is 5.88. The van der Waals surface area contributed by atoms with Crippen LogP contribution in [0, 0.1) is 11.7 Å². The lowest BCUT2D eigenvalue weighted by molar-refractivity contribution is -0.0695. The molecule has 3 heterocycles. The van der Waals surface area contributed by atoms with Crippen LogP contribution in [0.3, 0.4) is 0 Å². The number of rotatable bonds is 3. The summed E-state index contributed by atoms with van der Waals surface area (Å²) in [5, 5.41) is 3.21. The monoisotopic (exact) mass is 238 g/mol. The molecule has 3 rings (SSSR count). The van der Waals surface area contributed by atoms with E-state index in [1.807, 2.05) is 0 Å². The summed E-state index contributed by atoms with van der Waals surface area (Å²) in [6.45, 7) is 2.97. The number of hydrogen-bond donors (Lipinski definition) is 1. The maximum atomic E-state index is 13.3. The molecule has 2 aliphatic heterocycles. The molecule has 17 heavy (non-hydrogen) atoms. The minimum atomic E-state index is -0.410. The van der Waals surface area contributed by atoms with E-state index in [1.165, 1.54) is 12.3 Å². The van der Waals surface area contributed by atoms with Crippen LogP contribution in [-0.2, 0) is 4.74 Å². The van der Waals surface area contributed by atoms with Crippen LogP contribution in [-0.4, -0.2) is 36.9 Å². The van der Waals surface area contributed by atoms with Crippen molar-refractivity contribution in [1.82, 2.24) is 10.3 Å². The van der Waals surface area contributed by atoms with Crippen LogP contribution in [0.2, 0.25) is 0 Å². The number of ether oxygens (including phenoxy) is 2. The van der Waals surface area contributed by atoms with Crippen LogP contribution in [0.4, 0.5) is 4.39 Å². The average Bonchev–Trinajstić information content (AvgIpc) is 2.71. The molecule has 1 atom stereocenters. The summed E-state index contributed by atoms with van der Waals surface area (Å²) in [5.74, 6) is -0.000751. The van der Waals surface area contributed by atoms with Gasteiger partial charge in [-0.25, -0.2) is 9.37 Å². The van der Waals surface area contributed by atoms with E-state index in [9.17, 15) is 4.39 Å². The number of nitrogens with one attached hydrogen (secondary N) is 1. The third-order valence-corrected chi connectivity index (χ3v) is 3.59. The number of halogens is 1. The number of hydrogen-bond acceptors (Lipinski definition) is 4. The quantitative estimate of drug-likeness (QED) is 0.852. The van der Waals surface area contributed by atoms with E-state index in [0.29, 0.717) is 12.5 Å². The number of pyridine rings is 1. The summed E-state index contributed by atoms with van der Waals surface area (Å²) in [6, 6.07) is 2.91. The molecule has 0 amide bonds. The molecule has 1 aromatic rings. The molecule has 0 aromatic carbocycles. The van der Waals surface area contributed by atoms with Gasteiger partial charge in [0, 0.05) is 31.8 Å². The Kier molecular flexibility index (Phi) is 2.72. The van der Waals surface area contributed by atoms with Crippen molar-refractivity contribution in [3.63, 3.8) is 0 Å². The Morgan fingerprint density at radius 2 is 2.47 bits per heavy atom. The van der Waals surface area contributed by atoms with Gasteiger partial charge < -0.3 is 14.8 Å². The molecule has 0 unspecified atom stereocenters. The Balaban J connectivity index is 1.63. The fourth-order valence-corrected chi connectivity index (χ4v) is 2.44. The molecule has 0 aliphatic carbocycles. The minimum absolute atomic E-state index is 0.0781. The summed E-state index contributed by atoms with van der Waals surface area (Å²) in [6.07, 6.45) is 2.50. The first-order valence-electron chi connectivity index (χ1n) is 5.88. The molecule has 92 valence electrons. The van der Waals surface area contributed by atoms with Crippen molar-refractivity contribution in [3.8, 4) is 5.88 Å². The molecular formula is C12H15FN2O2. The number of aromatic nitrogens is 1. The Morgan fingerprint density at radius 3 is 3.18 bits per heavy atom. The number of nitrogens with zero attached hydrogens (tertiary/aromatic N) is 1. The fourth-order valence-electron chi connectivity index (χ4n) is 2.44. The van der Waals surface area contributed by atoms with Crippen LogP contribution in [0.15, 0.2) is 18.3 Å². The maximum absolute atomic E-state index is 13.3. The Labute approximate surface area is 99.1 Å². The van der Waals surface area contributed by atoms with E-state index in [-0.39, 0.29) is 11.5 Å².